The summed E-state index contributed by atoms with van der Waals surface area (Å²) in [5, 5.41) is 3.58. The molecule has 1 fully saturated rings. The fourth-order valence-electron chi connectivity index (χ4n) is 10.2. The third-order valence-electron chi connectivity index (χ3n) is 13.6. The Balaban J connectivity index is 0.000000234. The molecule has 9 aromatic rings. The SMILES string of the molecule is C[Si](C)(C)c1cnc(-c2[c-]cccc2)cc1CC1CCCC1.Cc1ccc2nc(-c3[c-]ccc4c3oc3nc(CC(C)(C)C)ccc34)n(-c3c(C(C)C)cc(-c4ccccc4)cc3C(C)C)c2c1.[Ir]. The van der Waals surface area contributed by atoms with Crippen LogP contribution < -0.4 is 5.19 Å². The molecule has 0 spiro atoms. The van der Waals surface area contributed by atoms with Crippen LogP contribution in [0.15, 0.2) is 126 Å². The minimum atomic E-state index is -1.35. The smallest absolute Gasteiger partial charge is 0.216 e. The Kier molecular flexibility index (Phi) is 14.8. The van der Waals surface area contributed by atoms with Crippen LogP contribution in [0.1, 0.15) is 114 Å². The molecule has 1 aliphatic rings. The van der Waals surface area contributed by atoms with Crippen molar-refractivity contribution in [2.24, 2.45) is 11.3 Å². The second kappa shape index (κ2) is 20.5. The number of hydrogen-bond acceptors (Lipinski definition) is 4. The van der Waals surface area contributed by atoms with Crippen molar-refractivity contribution in [1.29, 1.82) is 0 Å². The molecule has 1 radical (unpaired) electrons. The van der Waals surface area contributed by atoms with Crippen molar-refractivity contribution >= 4 is 46.4 Å². The van der Waals surface area contributed by atoms with E-state index in [1.165, 1.54) is 65.6 Å². The quantitative estimate of drug-likeness (QED) is 0.101. The van der Waals surface area contributed by atoms with Gasteiger partial charge in [0, 0.05) is 43.1 Å². The topological polar surface area (TPSA) is 56.7 Å². The van der Waals surface area contributed by atoms with Crippen LogP contribution in [0.2, 0.25) is 19.6 Å². The number of imidazole rings is 1. The number of fused-ring (bicyclic) bond motifs is 4. The monoisotopic (exact) mass is 1110 g/mol. The Morgan fingerprint density at radius 3 is 2.12 bits per heavy atom. The van der Waals surface area contributed by atoms with Gasteiger partial charge in [0.1, 0.15) is 0 Å². The van der Waals surface area contributed by atoms with E-state index in [9.17, 15) is 0 Å². The number of aryl methyl sites for hydroxylation is 1. The molecule has 1 aliphatic carbocycles. The zero-order chi connectivity index (χ0) is 47.9. The molecule has 0 aliphatic heterocycles. The van der Waals surface area contributed by atoms with Crippen LogP contribution >= 0.6 is 0 Å². The summed E-state index contributed by atoms with van der Waals surface area (Å²) in [6, 6.07) is 47.7. The maximum Gasteiger partial charge on any atom is 0.216 e. The first kappa shape index (κ1) is 49.9. The molecular formula is C62H68IrN4OSi-2. The Bertz CT molecular complexity index is 3190. The van der Waals surface area contributed by atoms with Crippen molar-refractivity contribution in [1.82, 2.24) is 19.5 Å². The van der Waals surface area contributed by atoms with E-state index in [1.807, 2.05) is 18.2 Å². The van der Waals surface area contributed by atoms with Gasteiger partial charge in [-0.1, -0.05) is 153 Å². The summed E-state index contributed by atoms with van der Waals surface area (Å²) >= 11 is 0. The average molecular weight is 1110 g/mol. The summed E-state index contributed by atoms with van der Waals surface area (Å²) in [7, 11) is -1.35. The maximum absolute atomic E-state index is 6.64. The van der Waals surface area contributed by atoms with E-state index >= 15 is 0 Å². The summed E-state index contributed by atoms with van der Waals surface area (Å²) in [4.78, 5) is 15.0. The first-order valence-corrected chi connectivity index (χ1v) is 28.4. The van der Waals surface area contributed by atoms with Crippen LogP contribution in [0.4, 0.5) is 0 Å². The van der Waals surface area contributed by atoms with E-state index < -0.39 is 8.07 Å². The van der Waals surface area contributed by atoms with E-state index in [4.69, 9.17) is 19.4 Å². The minimum absolute atomic E-state index is 0. The van der Waals surface area contributed by atoms with Crippen LogP contribution in [0.3, 0.4) is 0 Å². The van der Waals surface area contributed by atoms with Crippen LogP contribution in [0.25, 0.3) is 72.6 Å². The molecule has 0 N–H and O–H groups in total. The molecule has 5 aromatic carbocycles. The Morgan fingerprint density at radius 1 is 0.754 bits per heavy atom. The average Bonchev–Trinajstić information content (AvgIpc) is 4.06. The van der Waals surface area contributed by atoms with Gasteiger partial charge in [-0.3, -0.25) is 4.98 Å². The van der Waals surface area contributed by atoms with Gasteiger partial charge in [0.2, 0.25) is 5.71 Å². The Morgan fingerprint density at radius 2 is 1.46 bits per heavy atom. The summed E-state index contributed by atoms with van der Waals surface area (Å²) in [6.45, 7) is 25.3. The molecule has 0 saturated heterocycles. The van der Waals surface area contributed by atoms with Gasteiger partial charge in [0.15, 0.2) is 0 Å². The number of nitrogens with zero attached hydrogens (tertiary/aromatic N) is 4. The summed E-state index contributed by atoms with van der Waals surface area (Å²) in [5.41, 5.74) is 16.6. The molecule has 7 heteroatoms. The molecular weight excluding hydrogens is 1040 g/mol. The van der Waals surface area contributed by atoms with Crippen molar-refractivity contribution in [3.05, 3.63) is 162 Å². The van der Waals surface area contributed by atoms with E-state index in [1.54, 1.807) is 10.8 Å². The van der Waals surface area contributed by atoms with Gasteiger partial charge in [0.25, 0.3) is 0 Å². The van der Waals surface area contributed by atoms with Gasteiger partial charge in [0.05, 0.1) is 30.5 Å². The second-order valence-corrected chi connectivity index (χ2v) is 27.2. The van der Waals surface area contributed by atoms with Crippen molar-refractivity contribution in [2.75, 3.05) is 0 Å². The Labute approximate surface area is 425 Å². The molecule has 0 unspecified atom stereocenters. The molecule has 0 amide bonds. The summed E-state index contributed by atoms with van der Waals surface area (Å²) in [5.74, 6) is 2.27. The maximum atomic E-state index is 6.64. The Hall–Kier alpha value is -5.46. The zero-order valence-electron chi connectivity index (χ0n) is 42.6. The molecule has 10 rings (SSSR count). The van der Waals surface area contributed by atoms with Crippen LogP contribution in [-0.2, 0) is 32.9 Å². The minimum Gasteiger partial charge on any atom is -0.486 e. The molecule has 4 aromatic heterocycles. The number of hydrogen-bond donors (Lipinski definition) is 0. The molecule has 0 atom stereocenters. The first-order chi connectivity index (χ1) is 32.5. The molecule has 69 heavy (non-hydrogen) atoms. The third kappa shape index (κ3) is 10.8. The van der Waals surface area contributed by atoms with E-state index in [2.05, 4.69) is 195 Å². The standard InChI is InChI=1S/C42H42N3O.C20H26NSi.Ir/c1-25(2)34-22-29(28-13-10-9-11-14-28)23-35(26(3)4)38(34)45-37-21-27(5)17-20-36(37)44-40(45)33-16-12-15-31-32-19-18-30(24-42(6,7)8)43-41(32)46-39(31)33;1-22(2,3)20-15-21-19(17-11-5-4-6-12-17)14-18(20)13-16-9-7-8-10-16;/h9-15,17-23,25-26H,24H2,1-8H3;4-6,11,14-16H,7-10,13H2,1-3H3;/q2*-1;. The van der Waals surface area contributed by atoms with Gasteiger partial charge in [-0.05, 0) is 118 Å². The fourth-order valence-corrected chi connectivity index (χ4v) is 11.8. The third-order valence-corrected chi connectivity index (χ3v) is 15.7. The number of pyridine rings is 2. The molecule has 5 nitrogen and oxygen atoms in total. The van der Waals surface area contributed by atoms with Gasteiger partial charge in [-0.15, -0.1) is 54.1 Å². The predicted molar refractivity (Wildman–Crippen MR) is 289 cm³/mol. The molecule has 1 saturated carbocycles. The molecule has 357 valence electrons. The molecule has 0 bridgehead atoms. The number of aromatic nitrogens is 4. The van der Waals surface area contributed by atoms with Gasteiger partial charge in [-0.2, -0.15) is 0 Å². The van der Waals surface area contributed by atoms with Crippen molar-refractivity contribution in [2.45, 2.75) is 125 Å². The van der Waals surface area contributed by atoms with Gasteiger partial charge < -0.3 is 14.0 Å². The second-order valence-electron chi connectivity index (χ2n) is 22.1. The van der Waals surface area contributed by atoms with E-state index in [-0.39, 0.29) is 37.4 Å². The number of furan rings is 1. The normalized spacial score (nSPS) is 13.4. The van der Waals surface area contributed by atoms with Crippen LogP contribution in [0, 0.1) is 30.4 Å². The largest absolute Gasteiger partial charge is 0.486 e. The van der Waals surface area contributed by atoms with Crippen molar-refractivity contribution in [3.8, 4) is 39.5 Å². The summed E-state index contributed by atoms with van der Waals surface area (Å²) in [6.07, 6.45) is 9.91. The van der Waals surface area contributed by atoms with Crippen LogP contribution in [0.5, 0.6) is 0 Å². The first-order valence-electron chi connectivity index (χ1n) is 24.9. The molecule has 4 heterocycles. The van der Waals surface area contributed by atoms with Crippen LogP contribution in [-0.4, -0.2) is 27.6 Å². The van der Waals surface area contributed by atoms with Crippen molar-refractivity contribution < 1.29 is 24.5 Å². The van der Waals surface area contributed by atoms with E-state index in [0.717, 1.165) is 68.1 Å². The zero-order valence-corrected chi connectivity index (χ0v) is 45.9. The predicted octanol–water partition coefficient (Wildman–Crippen LogP) is 16.4. The van der Waals surface area contributed by atoms with E-state index in [0.29, 0.717) is 5.71 Å². The van der Waals surface area contributed by atoms with Crippen molar-refractivity contribution in [3.63, 3.8) is 0 Å². The van der Waals surface area contributed by atoms with Gasteiger partial charge >= 0.3 is 0 Å². The summed E-state index contributed by atoms with van der Waals surface area (Å²) < 4.78 is 9.01. The van der Waals surface area contributed by atoms with Gasteiger partial charge in [-0.25, -0.2) is 4.98 Å². The fraction of sp³-hybridized carbons (Fsp3) is 0.339. The number of rotatable bonds is 10. The number of benzene rings is 5.